The molecule has 0 bridgehead atoms. The van der Waals surface area contributed by atoms with Gasteiger partial charge in [-0.2, -0.15) is 8.42 Å². The lowest BCUT2D eigenvalue weighted by molar-refractivity contribution is -0.921. The van der Waals surface area contributed by atoms with Gasteiger partial charge in [0, 0.05) is 0 Å². The van der Waals surface area contributed by atoms with Crippen LogP contribution in [-0.2, 0) is 14.3 Å². The van der Waals surface area contributed by atoms with Crippen molar-refractivity contribution in [2.24, 2.45) is 0 Å². The third-order valence-electron chi connectivity index (χ3n) is 9.69. The van der Waals surface area contributed by atoms with Crippen LogP contribution in [-0.4, -0.2) is 51.4 Å². The van der Waals surface area contributed by atoms with Gasteiger partial charge in [0.15, 0.2) is 0 Å². The summed E-state index contributed by atoms with van der Waals surface area (Å²) in [7, 11) is -3.31. The SMILES string of the molecule is CCCCCCCCCCCCCCCCCCCCOS(=O)(=O)CCCCCCCCCC.CC[N+](CC)(CC)CC. The zero-order chi connectivity index (χ0) is 32.3. The van der Waals surface area contributed by atoms with E-state index in [1.807, 2.05) is 0 Å². The molecule has 0 rings (SSSR count). The molecule has 4 nitrogen and oxygen atoms in total. The van der Waals surface area contributed by atoms with Crippen LogP contribution in [0.1, 0.15) is 208 Å². The molecule has 0 aromatic heterocycles. The Morgan fingerprint density at radius 1 is 0.372 bits per heavy atom. The first-order valence-electron chi connectivity index (χ1n) is 19.6. The van der Waals surface area contributed by atoms with Crippen LogP contribution >= 0.6 is 0 Å². The van der Waals surface area contributed by atoms with Crippen molar-refractivity contribution in [3.05, 3.63) is 0 Å². The van der Waals surface area contributed by atoms with E-state index in [1.165, 1.54) is 165 Å². The molecule has 0 aliphatic rings. The number of hydrogen-bond donors (Lipinski definition) is 0. The molecular weight excluding hydrogens is 550 g/mol. The average Bonchev–Trinajstić information content (AvgIpc) is 3.01. The topological polar surface area (TPSA) is 43.4 Å². The molecular formula is C38H82NO3S+. The van der Waals surface area contributed by atoms with E-state index >= 15 is 0 Å². The first-order chi connectivity index (χ1) is 20.9. The molecule has 43 heavy (non-hydrogen) atoms. The fraction of sp³-hybridized carbons (Fsp3) is 1.00. The van der Waals surface area contributed by atoms with E-state index in [0.717, 1.165) is 32.1 Å². The summed E-state index contributed by atoms with van der Waals surface area (Å²) in [5, 5.41) is 0. The molecule has 0 aliphatic heterocycles. The zero-order valence-electron chi connectivity index (χ0n) is 30.7. The maximum atomic E-state index is 12.0. The van der Waals surface area contributed by atoms with Gasteiger partial charge in [0.25, 0.3) is 10.1 Å². The molecule has 0 atom stereocenters. The van der Waals surface area contributed by atoms with Crippen molar-refractivity contribution in [3.8, 4) is 0 Å². The quantitative estimate of drug-likeness (QED) is 0.0411. The van der Waals surface area contributed by atoms with Crippen LogP contribution < -0.4 is 0 Å². The molecule has 0 aromatic carbocycles. The van der Waals surface area contributed by atoms with Crippen LogP contribution in [0.15, 0.2) is 0 Å². The van der Waals surface area contributed by atoms with E-state index < -0.39 is 10.1 Å². The lowest BCUT2D eigenvalue weighted by atomic mass is 10.0. The van der Waals surface area contributed by atoms with Crippen molar-refractivity contribution in [2.75, 3.05) is 38.5 Å². The first-order valence-corrected chi connectivity index (χ1v) is 21.2. The number of nitrogens with zero attached hydrogens (tertiary/aromatic N) is 1. The zero-order valence-corrected chi connectivity index (χ0v) is 31.5. The summed E-state index contributed by atoms with van der Waals surface area (Å²) in [6.45, 7) is 19.1. The molecule has 0 radical (unpaired) electrons. The molecule has 5 heteroatoms. The molecule has 0 amide bonds. The summed E-state index contributed by atoms with van der Waals surface area (Å²) in [5.41, 5.74) is 0. The normalized spacial score (nSPS) is 12.0. The molecule has 0 heterocycles. The minimum atomic E-state index is -3.31. The van der Waals surface area contributed by atoms with Crippen LogP contribution in [0, 0.1) is 0 Å². The van der Waals surface area contributed by atoms with Crippen LogP contribution in [0.4, 0.5) is 0 Å². The van der Waals surface area contributed by atoms with Crippen molar-refractivity contribution in [1.29, 1.82) is 0 Å². The van der Waals surface area contributed by atoms with Gasteiger partial charge in [-0.15, -0.1) is 0 Å². The van der Waals surface area contributed by atoms with Gasteiger partial charge in [-0.1, -0.05) is 168 Å². The highest BCUT2D eigenvalue weighted by atomic mass is 32.2. The molecule has 0 N–H and O–H groups in total. The van der Waals surface area contributed by atoms with Gasteiger partial charge < -0.3 is 4.48 Å². The summed E-state index contributed by atoms with van der Waals surface area (Å²) in [6, 6.07) is 0. The molecule has 0 saturated heterocycles. The summed E-state index contributed by atoms with van der Waals surface area (Å²) in [6.07, 6.45) is 33.5. The molecule has 0 saturated carbocycles. The Hall–Kier alpha value is -0.130. The largest absolute Gasteiger partial charge is 0.325 e. The fourth-order valence-corrected chi connectivity index (χ4v) is 7.05. The molecule has 0 aliphatic carbocycles. The third kappa shape index (κ3) is 33.1. The molecule has 0 unspecified atom stereocenters. The highest BCUT2D eigenvalue weighted by Crippen LogP contribution is 2.15. The third-order valence-corrected chi connectivity index (χ3v) is 11.0. The van der Waals surface area contributed by atoms with Crippen LogP contribution in [0.25, 0.3) is 0 Å². The van der Waals surface area contributed by atoms with Crippen molar-refractivity contribution < 1.29 is 17.1 Å². The molecule has 262 valence electrons. The van der Waals surface area contributed by atoms with E-state index in [9.17, 15) is 8.42 Å². The van der Waals surface area contributed by atoms with Gasteiger partial charge in [0.2, 0.25) is 0 Å². The van der Waals surface area contributed by atoms with Gasteiger partial charge in [-0.3, -0.25) is 4.18 Å². The van der Waals surface area contributed by atoms with Crippen molar-refractivity contribution in [2.45, 2.75) is 208 Å². The minimum absolute atomic E-state index is 0.195. The predicted molar refractivity (Wildman–Crippen MR) is 194 cm³/mol. The van der Waals surface area contributed by atoms with E-state index in [0.29, 0.717) is 6.61 Å². The van der Waals surface area contributed by atoms with Gasteiger partial charge in [0.05, 0.1) is 38.5 Å². The van der Waals surface area contributed by atoms with Gasteiger partial charge in [0.1, 0.15) is 0 Å². The van der Waals surface area contributed by atoms with Crippen molar-refractivity contribution in [3.63, 3.8) is 0 Å². The van der Waals surface area contributed by atoms with Gasteiger partial charge in [-0.05, 0) is 40.5 Å². The summed E-state index contributed by atoms with van der Waals surface area (Å²) < 4.78 is 30.4. The smallest absolute Gasteiger partial charge is 0.267 e. The molecule has 0 fully saturated rings. The number of hydrogen-bond acceptors (Lipinski definition) is 3. The van der Waals surface area contributed by atoms with Crippen molar-refractivity contribution in [1.82, 2.24) is 0 Å². The summed E-state index contributed by atoms with van der Waals surface area (Å²) >= 11 is 0. The maximum Gasteiger partial charge on any atom is 0.267 e. The maximum absolute atomic E-state index is 12.0. The Morgan fingerprint density at radius 2 is 0.628 bits per heavy atom. The van der Waals surface area contributed by atoms with Crippen LogP contribution in [0.2, 0.25) is 0 Å². The minimum Gasteiger partial charge on any atom is -0.325 e. The Morgan fingerprint density at radius 3 is 0.884 bits per heavy atom. The Labute approximate surface area is 273 Å². The number of rotatable bonds is 33. The lowest BCUT2D eigenvalue weighted by Gasteiger charge is -2.34. The van der Waals surface area contributed by atoms with Crippen LogP contribution in [0.5, 0.6) is 0 Å². The molecule has 0 spiro atoms. The standard InChI is InChI=1S/C30H62O3S.C8H20N/c1-3-5-7-9-11-13-14-15-16-17-18-19-20-21-22-23-25-27-29-33-34(31,32)30-28-26-24-12-10-8-6-4-2;1-5-9(6-2,7-3)8-4/h3-30H2,1-2H3;5-8H2,1-4H3/q;+1. The highest BCUT2D eigenvalue weighted by Gasteiger charge is 2.16. The van der Waals surface area contributed by atoms with E-state index in [4.69, 9.17) is 4.18 Å². The number of quaternary nitrogens is 1. The average molecular weight is 633 g/mol. The number of unbranched alkanes of at least 4 members (excludes halogenated alkanes) is 24. The highest BCUT2D eigenvalue weighted by molar-refractivity contribution is 7.86. The van der Waals surface area contributed by atoms with Crippen molar-refractivity contribution >= 4 is 10.1 Å². The Balaban J connectivity index is 0. The predicted octanol–water partition coefficient (Wildman–Crippen LogP) is 12.4. The van der Waals surface area contributed by atoms with E-state index in [1.54, 1.807) is 0 Å². The van der Waals surface area contributed by atoms with Crippen LogP contribution in [0.3, 0.4) is 0 Å². The monoisotopic (exact) mass is 633 g/mol. The Bertz CT molecular complexity index is 601. The van der Waals surface area contributed by atoms with Gasteiger partial charge >= 0.3 is 0 Å². The van der Waals surface area contributed by atoms with E-state index in [2.05, 4.69) is 41.5 Å². The lowest BCUT2D eigenvalue weighted by Crippen LogP contribution is -2.47. The summed E-state index contributed by atoms with van der Waals surface area (Å²) in [4.78, 5) is 0. The Kier molecular flexibility index (Phi) is 36.3. The second-order valence-corrected chi connectivity index (χ2v) is 14.9. The van der Waals surface area contributed by atoms with E-state index in [-0.39, 0.29) is 5.75 Å². The first kappa shape index (κ1) is 45.0. The second-order valence-electron chi connectivity index (χ2n) is 13.2. The second kappa shape index (κ2) is 34.7. The van der Waals surface area contributed by atoms with Gasteiger partial charge in [-0.25, -0.2) is 0 Å². The summed E-state index contributed by atoms with van der Waals surface area (Å²) in [5.74, 6) is 0.195. The molecule has 0 aromatic rings. The fourth-order valence-electron chi connectivity index (χ4n) is 6.00.